The van der Waals surface area contributed by atoms with Gasteiger partial charge in [0.2, 0.25) is 0 Å². The van der Waals surface area contributed by atoms with Gasteiger partial charge >= 0.3 is 0 Å². The van der Waals surface area contributed by atoms with Gasteiger partial charge in [-0.3, -0.25) is 4.99 Å². The third-order valence-electron chi connectivity index (χ3n) is 1.30. The average molecular weight is 172 g/mol. The summed E-state index contributed by atoms with van der Waals surface area (Å²) in [5.41, 5.74) is 0. The van der Waals surface area contributed by atoms with Crippen LogP contribution in [-0.4, -0.2) is 25.6 Å². The molecule has 60 valence electrons. The van der Waals surface area contributed by atoms with Gasteiger partial charge in [0.15, 0.2) is 0 Å². The highest BCUT2D eigenvalue weighted by Gasteiger charge is 2.06. The summed E-state index contributed by atoms with van der Waals surface area (Å²) in [6.07, 6.45) is 6.06. The van der Waals surface area contributed by atoms with E-state index in [1.54, 1.807) is 19.3 Å². The van der Waals surface area contributed by atoms with E-state index >= 15 is 0 Å². The molecule has 0 bridgehead atoms. The van der Waals surface area contributed by atoms with Crippen LogP contribution in [0.4, 0.5) is 0 Å². The van der Waals surface area contributed by atoms with Crippen molar-refractivity contribution in [1.82, 2.24) is 5.32 Å². The molecule has 11 heavy (non-hydrogen) atoms. The van der Waals surface area contributed by atoms with E-state index in [2.05, 4.69) is 15.3 Å². The summed E-state index contributed by atoms with van der Waals surface area (Å²) in [5.74, 6) is 0. The van der Waals surface area contributed by atoms with Crippen molar-refractivity contribution >= 4 is 24.0 Å². The molecule has 0 aromatic heterocycles. The van der Waals surface area contributed by atoms with Gasteiger partial charge in [0.1, 0.15) is 11.3 Å². The van der Waals surface area contributed by atoms with E-state index in [1.807, 2.05) is 6.21 Å². The van der Waals surface area contributed by atoms with Crippen LogP contribution in [-0.2, 0) is 0 Å². The van der Waals surface area contributed by atoms with Crippen molar-refractivity contribution in [2.45, 2.75) is 12.6 Å². The van der Waals surface area contributed by atoms with Gasteiger partial charge in [0, 0.05) is 25.9 Å². The van der Waals surface area contributed by atoms with Crippen molar-refractivity contribution in [3.8, 4) is 0 Å². The lowest BCUT2D eigenvalue weighted by molar-refractivity contribution is 0.629. The highest BCUT2D eigenvalue weighted by atomic mass is 35.5. The molecule has 1 aliphatic heterocycles. The van der Waals surface area contributed by atoms with E-state index in [9.17, 15) is 0 Å². The lowest BCUT2D eigenvalue weighted by atomic mass is 10.3. The molecule has 0 fully saturated rings. The van der Waals surface area contributed by atoms with Gasteiger partial charge in [-0.25, -0.2) is 0 Å². The summed E-state index contributed by atoms with van der Waals surface area (Å²) in [6.45, 7) is 0. The van der Waals surface area contributed by atoms with Crippen LogP contribution in [0.3, 0.4) is 0 Å². The monoisotopic (exact) mass is 171 g/mol. The molecule has 0 radical (unpaired) electrons. The first-order valence-corrected chi connectivity index (χ1v) is 3.77. The molecular weight excluding hydrogens is 162 g/mol. The minimum absolute atomic E-state index is 0.0520. The molecule has 1 atom stereocenters. The number of hydrogen-bond donors (Lipinski definition) is 1. The lowest BCUT2D eigenvalue weighted by Crippen LogP contribution is -2.27. The Balaban J connectivity index is 2.40. The Morgan fingerprint density at radius 2 is 2.73 bits per heavy atom. The predicted molar refractivity (Wildman–Crippen MR) is 48.4 cm³/mol. The molecule has 0 aromatic carbocycles. The molecule has 0 spiro atoms. The molecular formula is C7H10ClN3. The topological polar surface area (TPSA) is 36.8 Å². The minimum atomic E-state index is 0.0520. The maximum atomic E-state index is 5.70. The number of hydrogen-bond acceptors (Lipinski definition) is 3. The molecule has 4 heteroatoms. The number of allylic oxidation sites excluding steroid dienone is 1. The second kappa shape index (κ2) is 4.13. The fourth-order valence-electron chi connectivity index (χ4n) is 0.782. The van der Waals surface area contributed by atoms with Gasteiger partial charge in [0.05, 0.1) is 0 Å². The Hall–Kier alpha value is -0.830. The highest BCUT2D eigenvalue weighted by molar-refractivity contribution is 6.30. The third-order valence-corrected chi connectivity index (χ3v) is 1.54. The van der Waals surface area contributed by atoms with Crippen LogP contribution < -0.4 is 5.32 Å². The van der Waals surface area contributed by atoms with Gasteiger partial charge in [-0.15, -0.1) is 0 Å². The van der Waals surface area contributed by atoms with Crippen molar-refractivity contribution in [3.63, 3.8) is 0 Å². The zero-order chi connectivity index (χ0) is 8.10. The van der Waals surface area contributed by atoms with Crippen molar-refractivity contribution in [3.05, 3.63) is 11.2 Å². The van der Waals surface area contributed by atoms with E-state index in [1.165, 1.54) is 0 Å². The molecule has 0 saturated carbocycles. The average Bonchev–Trinajstić information content (AvgIpc) is 2.01. The van der Waals surface area contributed by atoms with Crippen LogP contribution in [0.25, 0.3) is 0 Å². The number of aliphatic imine (C=N–C) groups is 2. The predicted octanol–water partition coefficient (Wildman–Crippen LogP) is 1.16. The molecule has 0 saturated heterocycles. The number of nitrogens with zero attached hydrogens (tertiary/aromatic N) is 2. The van der Waals surface area contributed by atoms with Gasteiger partial charge in [-0.2, -0.15) is 0 Å². The first-order valence-electron chi connectivity index (χ1n) is 3.39. The fourth-order valence-corrected chi connectivity index (χ4v) is 0.964. The first-order chi connectivity index (χ1) is 5.33. The zero-order valence-electron chi connectivity index (χ0n) is 6.29. The molecule has 1 unspecified atom stereocenters. The summed E-state index contributed by atoms with van der Waals surface area (Å²) in [7, 11) is 1.74. The van der Waals surface area contributed by atoms with Gasteiger partial charge in [-0.05, 0) is 6.08 Å². The summed E-state index contributed by atoms with van der Waals surface area (Å²) in [6, 6.07) is 0. The molecule has 1 rings (SSSR count). The normalized spacial score (nSPS) is 23.5. The van der Waals surface area contributed by atoms with Crippen LogP contribution in [0.5, 0.6) is 0 Å². The van der Waals surface area contributed by atoms with Gasteiger partial charge < -0.3 is 10.3 Å². The highest BCUT2D eigenvalue weighted by Crippen LogP contribution is 2.04. The van der Waals surface area contributed by atoms with Gasteiger partial charge in [-0.1, -0.05) is 11.6 Å². The summed E-state index contributed by atoms with van der Waals surface area (Å²) < 4.78 is 0. The third kappa shape index (κ3) is 2.72. The Labute approximate surface area is 70.9 Å². The maximum Gasteiger partial charge on any atom is 0.124 e. The van der Waals surface area contributed by atoms with E-state index in [-0.39, 0.29) is 6.17 Å². The number of rotatable bonds is 2. The molecule has 1 N–H and O–H groups in total. The van der Waals surface area contributed by atoms with E-state index in [0.717, 1.165) is 6.42 Å². The molecule has 0 aromatic rings. The van der Waals surface area contributed by atoms with Crippen LogP contribution in [0, 0.1) is 0 Å². The van der Waals surface area contributed by atoms with Crippen molar-refractivity contribution in [2.24, 2.45) is 9.98 Å². The summed E-state index contributed by atoms with van der Waals surface area (Å²) in [4.78, 5) is 7.98. The molecule has 3 nitrogen and oxygen atoms in total. The van der Waals surface area contributed by atoms with Gasteiger partial charge in [0.25, 0.3) is 0 Å². The molecule has 0 amide bonds. The van der Waals surface area contributed by atoms with Crippen LogP contribution in [0.15, 0.2) is 21.2 Å². The number of nitrogens with one attached hydrogen (secondary N) is 1. The Bertz CT molecular complexity index is 208. The smallest absolute Gasteiger partial charge is 0.124 e. The second-order valence-corrected chi connectivity index (χ2v) is 2.56. The van der Waals surface area contributed by atoms with Crippen molar-refractivity contribution < 1.29 is 0 Å². The van der Waals surface area contributed by atoms with Crippen LogP contribution in [0.1, 0.15) is 6.42 Å². The summed E-state index contributed by atoms with van der Waals surface area (Å²) >= 11 is 5.70. The SMILES string of the molecule is CN=CCC1N=CC=C(Cl)N1. The second-order valence-electron chi connectivity index (χ2n) is 2.15. The lowest BCUT2D eigenvalue weighted by Gasteiger charge is -2.15. The van der Waals surface area contributed by atoms with Crippen molar-refractivity contribution in [2.75, 3.05) is 7.05 Å². The van der Waals surface area contributed by atoms with Crippen LogP contribution >= 0.6 is 11.6 Å². The maximum absolute atomic E-state index is 5.70. The molecule has 0 aliphatic carbocycles. The van der Waals surface area contributed by atoms with E-state index < -0.39 is 0 Å². The Morgan fingerprint density at radius 1 is 1.91 bits per heavy atom. The zero-order valence-corrected chi connectivity index (χ0v) is 7.04. The fraction of sp³-hybridized carbons (Fsp3) is 0.429. The standard InChI is InChI=1S/C7H10ClN3/c1-9-4-3-7-10-5-2-6(8)11-7/h2,4-5,7,11H,3H2,1H3. The Kier molecular flexibility index (Phi) is 3.11. The van der Waals surface area contributed by atoms with Crippen LogP contribution in [0.2, 0.25) is 0 Å². The minimum Gasteiger partial charge on any atom is -0.354 e. The molecule has 1 aliphatic rings. The number of halogens is 1. The Morgan fingerprint density at radius 3 is 3.36 bits per heavy atom. The largest absolute Gasteiger partial charge is 0.354 e. The molecule has 1 heterocycles. The quantitative estimate of drug-likeness (QED) is 0.491. The summed E-state index contributed by atoms with van der Waals surface area (Å²) in [5, 5.41) is 3.62. The first kappa shape index (κ1) is 8.27. The van der Waals surface area contributed by atoms with E-state index in [4.69, 9.17) is 11.6 Å². The van der Waals surface area contributed by atoms with Crippen molar-refractivity contribution in [1.29, 1.82) is 0 Å². The van der Waals surface area contributed by atoms with E-state index in [0.29, 0.717) is 5.16 Å².